The number of hydrogen-bond acceptors (Lipinski definition) is 4. The highest BCUT2D eigenvalue weighted by atomic mass is 16.5. The van der Waals surface area contributed by atoms with E-state index in [1.807, 2.05) is 0 Å². The Morgan fingerprint density at radius 3 is 3.00 bits per heavy atom. The second-order valence-corrected chi connectivity index (χ2v) is 2.83. The molecule has 0 unspecified atom stereocenters. The zero-order chi connectivity index (χ0) is 10.1. The summed E-state index contributed by atoms with van der Waals surface area (Å²) in [6.45, 7) is 0. The number of H-pyrrole nitrogens is 1. The lowest BCUT2D eigenvalue weighted by atomic mass is 10.2. The summed E-state index contributed by atoms with van der Waals surface area (Å²) >= 11 is 0. The maximum atomic E-state index is 11.2. The Bertz CT molecular complexity index is 533. The molecule has 0 aliphatic rings. The van der Waals surface area contributed by atoms with Crippen LogP contribution in [0.4, 0.5) is 5.82 Å². The molecular formula is C9H9N3O2. The van der Waals surface area contributed by atoms with Crippen LogP contribution in [0.15, 0.2) is 23.0 Å². The standard InChI is InChI=1S/C9H9N3O2/c1-14-6-4-8(13)12-9-5(6)2-3-7(10)11-9/h2-4H,1H3,(H3,10,11,12,13). The number of ether oxygens (including phenoxy) is 1. The van der Waals surface area contributed by atoms with Crippen molar-refractivity contribution in [3.8, 4) is 5.75 Å². The number of rotatable bonds is 1. The molecule has 2 rings (SSSR count). The number of nitrogens with one attached hydrogen (secondary N) is 1. The van der Waals surface area contributed by atoms with Crippen molar-refractivity contribution < 1.29 is 4.74 Å². The SMILES string of the molecule is COc1cc(=O)[nH]c2nc(N)ccc12. The average molecular weight is 191 g/mol. The quantitative estimate of drug-likeness (QED) is 0.688. The molecule has 0 fully saturated rings. The summed E-state index contributed by atoms with van der Waals surface area (Å²) in [5, 5.41) is 0.737. The summed E-state index contributed by atoms with van der Waals surface area (Å²) in [7, 11) is 1.50. The lowest BCUT2D eigenvalue weighted by Crippen LogP contribution is -2.06. The second kappa shape index (κ2) is 3.02. The topological polar surface area (TPSA) is 81.0 Å². The summed E-state index contributed by atoms with van der Waals surface area (Å²) in [5.41, 5.74) is 5.67. The van der Waals surface area contributed by atoms with Gasteiger partial charge in [0, 0.05) is 6.07 Å². The van der Waals surface area contributed by atoms with Crippen LogP contribution in [0.5, 0.6) is 5.75 Å². The summed E-state index contributed by atoms with van der Waals surface area (Å²) in [4.78, 5) is 17.7. The van der Waals surface area contributed by atoms with E-state index in [2.05, 4.69) is 9.97 Å². The van der Waals surface area contributed by atoms with E-state index in [0.717, 1.165) is 5.39 Å². The van der Waals surface area contributed by atoms with Crippen molar-refractivity contribution in [3.63, 3.8) is 0 Å². The third-order valence-corrected chi connectivity index (χ3v) is 1.91. The largest absolute Gasteiger partial charge is 0.496 e. The normalized spacial score (nSPS) is 10.4. The minimum atomic E-state index is -0.257. The van der Waals surface area contributed by atoms with Crippen LogP contribution >= 0.6 is 0 Å². The predicted octanol–water partition coefficient (Wildman–Crippen LogP) is 0.514. The van der Waals surface area contributed by atoms with Crippen molar-refractivity contribution in [2.75, 3.05) is 12.8 Å². The molecule has 0 radical (unpaired) electrons. The minimum absolute atomic E-state index is 0.257. The van der Waals surface area contributed by atoms with E-state index in [0.29, 0.717) is 17.2 Å². The van der Waals surface area contributed by atoms with Gasteiger partial charge >= 0.3 is 0 Å². The first-order valence-electron chi connectivity index (χ1n) is 4.04. The molecule has 0 saturated heterocycles. The number of nitrogens with two attached hydrogens (primary N) is 1. The molecule has 2 aromatic rings. The van der Waals surface area contributed by atoms with Gasteiger partial charge in [-0.1, -0.05) is 0 Å². The molecule has 2 aromatic heterocycles. The van der Waals surface area contributed by atoms with Gasteiger partial charge in [-0.25, -0.2) is 4.98 Å². The Labute approximate surface area is 79.5 Å². The molecule has 0 atom stereocenters. The molecule has 0 spiro atoms. The van der Waals surface area contributed by atoms with E-state index in [1.54, 1.807) is 12.1 Å². The molecule has 0 aliphatic heterocycles. The smallest absolute Gasteiger partial charge is 0.253 e. The summed E-state index contributed by atoms with van der Waals surface area (Å²) in [5.74, 6) is 0.859. The van der Waals surface area contributed by atoms with Gasteiger partial charge < -0.3 is 15.5 Å². The first kappa shape index (κ1) is 8.55. The Balaban J connectivity index is 2.87. The molecule has 14 heavy (non-hydrogen) atoms. The Morgan fingerprint density at radius 1 is 1.50 bits per heavy atom. The number of hydrogen-bond donors (Lipinski definition) is 2. The predicted molar refractivity (Wildman–Crippen MR) is 53.3 cm³/mol. The van der Waals surface area contributed by atoms with Crippen molar-refractivity contribution >= 4 is 16.9 Å². The molecule has 0 saturated carbocycles. The molecule has 0 bridgehead atoms. The van der Waals surface area contributed by atoms with Gasteiger partial charge in [0.05, 0.1) is 12.5 Å². The van der Waals surface area contributed by atoms with Gasteiger partial charge in [0.2, 0.25) is 0 Å². The van der Waals surface area contributed by atoms with Gasteiger partial charge in [-0.15, -0.1) is 0 Å². The van der Waals surface area contributed by atoms with Crippen LogP contribution in [0.25, 0.3) is 11.0 Å². The van der Waals surface area contributed by atoms with E-state index in [9.17, 15) is 4.79 Å². The molecule has 2 heterocycles. The molecule has 5 nitrogen and oxygen atoms in total. The van der Waals surface area contributed by atoms with Crippen molar-refractivity contribution in [3.05, 3.63) is 28.6 Å². The zero-order valence-corrected chi connectivity index (χ0v) is 7.57. The van der Waals surface area contributed by atoms with Crippen LogP contribution in [-0.2, 0) is 0 Å². The molecule has 3 N–H and O–H groups in total. The zero-order valence-electron chi connectivity index (χ0n) is 7.57. The number of fused-ring (bicyclic) bond motifs is 1. The fourth-order valence-electron chi connectivity index (χ4n) is 1.29. The monoisotopic (exact) mass is 191 g/mol. The van der Waals surface area contributed by atoms with E-state index in [-0.39, 0.29) is 5.56 Å². The van der Waals surface area contributed by atoms with E-state index in [1.165, 1.54) is 13.2 Å². The summed E-state index contributed by atoms with van der Waals surface area (Å²) < 4.78 is 5.05. The third kappa shape index (κ3) is 1.28. The van der Waals surface area contributed by atoms with Gasteiger partial charge in [0.25, 0.3) is 5.56 Å². The van der Waals surface area contributed by atoms with Crippen molar-refractivity contribution in [1.29, 1.82) is 0 Å². The highest BCUT2D eigenvalue weighted by Gasteiger charge is 2.04. The van der Waals surface area contributed by atoms with Gasteiger partial charge in [-0.2, -0.15) is 0 Å². The summed E-state index contributed by atoms with van der Waals surface area (Å²) in [6.07, 6.45) is 0. The highest BCUT2D eigenvalue weighted by molar-refractivity contribution is 5.82. The molecule has 0 aliphatic carbocycles. The lowest BCUT2D eigenvalue weighted by molar-refractivity contribution is 0.419. The highest BCUT2D eigenvalue weighted by Crippen LogP contribution is 2.20. The molecular weight excluding hydrogens is 182 g/mol. The third-order valence-electron chi connectivity index (χ3n) is 1.91. The van der Waals surface area contributed by atoms with Crippen LogP contribution in [0.1, 0.15) is 0 Å². The second-order valence-electron chi connectivity index (χ2n) is 2.83. The molecule has 72 valence electrons. The number of anilines is 1. The van der Waals surface area contributed by atoms with Crippen LogP contribution in [0.3, 0.4) is 0 Å². The van der Waals surface area contributed by atoms with Crippen molar-refractivity contribution in [2.24, 2.45) is 0 Å². The number of aromatic nitrogens is 2. The summed E-state index contributed by atoms with van der Waals surface area (Å²) in [6, 6.07) is 4.79. The minimum Gasteiger partial charge on any atom is -0.496 e. The first-order valence-corrected chi connectivity index (χ1v) is 4.04. The van der Waals surface area contributed by atoms with Gasteiger partial charge in [-0.3, -0.25) is 4.79 Å². The van der Waals surface area contributed by atoms with Gasteiger partial charge in [0.15, 0.2) is 0 Å². The maximum Gasteiger partial charge on any atom is 0.253 e. The van der Waals surface area contributed by atoms with Crippen molar-refractivity contribution in [2.45, 2.75) is 0 Å². The molecule has 0 amide bonds. The number of nitrogen functional groups attached to an aromatic ring is 1. The Kier molecular flexibility index (Phi) is 1.85. The lowest BCUT2D eigenvalue weighted by Gasteiger charge is -2.03. The van der Waals surface area contributed by atoms with Crippen LogP contribution in [0.2, 0.25) is 0 Å². The fourth-order valence-corrected chi connectivity index (χ4v) is 1.29. The first-order chi connectivity index (χ1) is 6.70. The number of methoxy groups -OCH3 is 1. The maximum absolute atomic E-state index is 11.2. The van der Waals surface area contributed by atoms with E-state index in [4.69, 9.17) is 10.5 Å². The van der Waals surface area contributed by atoms with Gasteiger partial charge in [-0.05, 0) is 12.1 Å². The Hall–Kier alpha value is -2.04. The number of aromatic amines is 1. The van der Waals surface area contributed by atoms with Gasteiger partial charge in [0.1, 0.15) is 17.2 Å². The number of nitrogens with zero attached hydrogens (tertiary/aromatic N) is 1. The number of pyridine rings is 2. The Morgan fingerprint density at radius 2 is 2.29 bits per heavy atom. The molecule has 0 aromatic carbocycles. The molecule has 5 heteroatoms. The van der Waals surface area contributed by atoms with Crippen molar-refractivity contribution in [1.82, 2.24) is 9.97 Å². The average Bonchev–Trinajstić information content (AvgIpc) is 2.15. The van der Waals surface area contributed by atoms with E-state index >= 15 is 0 Å². The van der Waals surface area contributed by atoms with Crippen LogP contribution in [-0.4, -0.2) is 17.1 Å². The van der Waals surface area contributed by atoms with Crippen LogP contribution < -0.4 is 16.0 Å². The van der Waals surface area contributed by atoms with E-state index < -0.39 is 0 Å². The fraction of sp³-hybridized carbons (Fsp3) is 0.111. The van der Waals surface area contributed by atoms with Crippen LogP contribution in [0, 0.1) is 0 Å².